The number of hydrogen-bond acceptors (Lipinski definition) is 10. The van der Waals surface area contributed by atoms with Crippen LogP contribution in [0.4, 0.5) is 16.4 Å². The van der Waals surface area contributed by atoms with Gasteiger partial charge in [0.1, 0.15) is 11.9 Å². The van der Waals surface area contributed by atoms with E-state index in [-0.39, 0.29) is 29.7 Å². The molecule has 4 aromatic rings. The second-order valence-electron chi connectivity index (χ2n) is 12.5. The number of aryl methyl sites for hydroxylation is 1. The third kappa shape index (κ3) is 7.13. The van der Waals surface area contributed by atoms with E-state index in [0.29, 0.717) is 24.7 Å². The van der Waals surface area contributed by atoms with Crippen molar-refractivity contribution in [2.45, 2.75) is 71.7 Å². The Morgan fingerprint density at radius 1 is 1.07 bits per heavy atom. The van der Waals surface area contributed by atoms with E-state index in [9.17, 15) is 9.59 Å². The summed E-state index contributed by atoms with van der Waals surface area (Å²) >= 11 is 0. The molecule has 4 heterocycles. The summed E-state index contributed by atoms with van der Waals surface area (Å²) in [7, 11) is 1.82. The summed E-state index contributed by atoms with van der Waals surface area (Å²) < 4.78 is 9.02. The lowest BCUT2D eigenvalue weighted by molar-refractivity contribution is 0.0234. The minimum atomic E-state index is -0.650. The van der Waals surface area contributed by atoms with Gasteiger partial charge in [0.15, 0.2) is 11.5 Å². The summed E-state index contributed by atoms with van der Waals surface area (Å²) in [4.78, 5) is 41.3. The summed E-state index contributed by atoms with van der Waals surface area (Å²) in [6.45, 7) is 12.1. The molecule has 0 radical (unpaired) electrons. The van der Waals surface area contributed by atoms with Crippen LogP contribution in [-0.2, 0) is 23.9 Å². The number of carbonyl (C=O) groups is 2. The Labute approximate surface area is 249 Å². The van der Waals surface area contributed by atoms with E-state index in [1.54, 1.807) is 26.7 Å². The first-order chi connectivity index (χ1) is 20.2. The van der Waals surface area contributed by atoms with Crippen LogP contribution in [0.25, 0.3) is 11.4 Å². The van der Waals surface area contributed by atoms with Gasteiger partial charge in [0, 0.05) is 31.9 Å². The zero-order valence-electron chi connectivity index (χ0n) is 25.5. The first-order valence-corrected chi connectivity index (χ1v) is 14.0. The lowest BCUT2D eigenvalue weighted by Crippen LogP contribution is -2.37. The average molecular weight is 588 g/mol. The van der Waals surface area contributed by atoms with Crippen LogP contribution >= 0.6 is 0 Å². The highest BCUT2D eigenvalue weighted by atomic mass is 16.6. The maximum atomic E-state index is 13.3. The van der Waals surface area contributed by atoms with Crippen molar-refractivity contribution in [2.24, 2.45) is 7.05 Å². The number of hydrogen-bond donors (Lipinski definition) is 2. The molecule has 1 atom stereocenters. The Hall–Kier alpha value is -4.88. The molecule has 226 valence electrons. The lowest BCUT2D eigenvalue weighted by Gasteiger charge is -2.26. The number of benzene rings is 1. The van der Waals surface area contributed by atoms with E-state index < -0.39 is 11.7 Å². The maximum absolute atomic E-state index is 13.3. The van der Waals surface area contributed by atoms with Gasteiger partial charge in [0.05, 0.1) is 29.7 Å². The maximum Gasteiger partial charge on any atom is 0.410 e. The number of fused-ring (bicyclic) bond motifs is 1. The van der Waals surface area contributed by atoms with Gasteiger partial charge in [-0.2, -0.15) is 10.1 Å². The highest BCUT2D eigenvalue weighted by molar-refractivity contribution is 5.92. The Bertz CT molecular complexity index is 1630. The van der Waals surface area contributed by atoms with E-state index >= 15 is 0 Å². The average Bonchev–Trinajstić information content (AvgIpc) is 3.55. The first-order valence-electron chi connectivity index (χ1n) is 14.0. The van der Waals surface area contributed by atoms with Crippen LogP contribution in [0, 0.1) is 0 Å². The molecule has 1 aliphatic rings. The summed E-state index contributed by atoms with van der Waals surface area (Å²) in [5.74, 6) is 0.484. The predicted molar refractivity (Wildman–Crippen MR) is 158 cm³/mol. The SMILES string of the molecule is Cn1cc(Nc2ncnc(-c3ccc4c(c3)CN(C(=O)OC(C)(C)C)CC[C@H]4NC(=O)c3cn(C(C)(C)C)nn3)n2)cn1. The highest BCUT2D eigenvalue weighted by Gasteiger charge is 2.30. The lowest BCUT2D eigenvalue weighted by atomic mass is 9.96. The summed E-state index contributed by atoms with van der Waals surface area (Å²) in [6, 6.07) is 5.40. The van der Waals surface area contributed by atoms with Gasteiger partial charge in [-0.25, -0.2) is 19.4 Å². The highest BCUT2D eigenvalue weighted by Crippen LogP contribution is 2.31. The van der Waals surface area contributed by atoms with Crippen LogP contribution in [-0.4, -0.2) is 68.8 Å². The molecule has 0 saturated heterocycles. The molecule has 43 heavy (non-hydrogen) atoms. The molecule has 1 aliphatic heterocycles. The number of aromatic nitrogens is 8. The van der Waals surface area contributed by atoms with Crippen LogP contribution in [0.2, 0.25) is 0 Å². The van der Waals surface area contributed by atoms with E-state index in [4.69, 9.17) is 4.74 Å². The molecule has 5 rings (SSSR count). The van der Waals surface area contributed by atoms with Gasteiger partial charge in [-0.1, -0.05) is 17.3 Å². The van der Waals surface area contributed by atoms with E-state index in [1.807, 2.05) is 73.0 Å². The zero-order valence-corrected chi connectivity index (χ0v) is 25.5. The van der Waals surface area contributed by atoms with Crippen LogP contribution in [0.1, 0.15) is 75.6 Å². The molecule has 0 unspecified atom stereocenters. The molecule has 2 amide bonds. The molecule has 0 fully saturated rings. The van der Waals surface area contributed by atoms with E-state index in [1.165, 1.54) is 6.33 Å². The molecule has 14 heteroatoms. The van der Waals surface area contributed by atoms with Crippen molar-refractivity contribution in [1.29, 1.82) is 0 Å². The minimum Gasteiger partial charge on any atom is -0.444 e. The number of amides is 2. The van der Waals surface area contributed by atoms with Crippen LogP contribution < -0.4 is 10.6 Å². The predicted octanol–water partition coefficient (Wildman–Crippen LogP) is 3.97. The first kappa shape index (κ1) is 29.6. The normalized spacial score (nSPS) is 15.4. The van der Waals surface area contributed by atoms with Gasteiger partial charge in [0.2, 0.25) is 5.95 Å². The largest absolute Gasteiger partial charge is 0.444 e. The van der Waals surface area contributed by atoms with Gasteiger partial charge < -0.3 is 20.3 Å². The zero-order chi connectivity index (χ0) is 30.9. The smallest absolute Gasteiger partial charge is 0.410 e. The standard InChI is InChI=1S/C29H37N11O3/c1-28(2,3)40-16-23(36-37-40)25(41)34-22-10-11-39(27(42)43-29(4,5)6)14-19-12-18(8-9-21(19)22)24-30-17-31-26(35-24)33-20-13-32-38(7)15-20/h8-9,12-13,15-17,22H,10-11,14H2,1-7H3,(H,34,41)(H,30,31,33,35)/t22-/m1/s1. The topological polar surface area (TPSA) is 158 Å². The Morgan fingerprint density at radius 2 is 1.86 bits per heavy atom. The molecule has 2 N–H and O–H groups in total. The van der Waals surface area contributed by atoms with Crippen molar-refractivity contribution < 1.29 is 14.3 Å². The second-order valence-corrected chi connectivity index (χ2v) is 12.5. The third-order valence-electron chi connectivity index (χ3n) is 6.73. The molecule has 1 aromatic carbocycles. The molecule has 14 nitrogen and oxygen atoms in total. The van der Waals surface area contributed by atoms with Gasteiger partial charge in [-0.05, 0) is 65.2 Å². The molecular formula is C29H37N11O3. The molecule has 0 spiro atoms. The Morgan fingerprint density at radius 3 is 2.53 bits per heavy atom. The van der Waals surface area contributed by atoms with Crippen molar-refractivity contribution in [3.63, 3.8) is 0 Å². The Kier molecular flexibility index (Phi) is 7.86. The van der Waals surface area contributed by atoms with Crippen molar-refractivity contribution in [2.75, 3.05) is 11.9 Å². The molecule has 0 aliphatic carbocycles. The number of anilines is 2. The van der Waals surface area contributed by atoms with Crippen molar-refractivity contribution in [3.05, 3.63) is 59.9 Å². The summed E-state index contributed by atoms with van der Waals surface area (Å²) in [6.07, 6.45) is 6.63. The minimum absolute atomic E-state index is 0.222. The molecular weight excluding hydrogens is 550 g/mol. The van der Waals surface area contributed by atoms with Gasteiger partial charge >= 0.3 is 6.09 Å². The van der Waals surface area contributed by atoms with Crippen molar-refractivity contribution in [3.8, 4) is 11.4 Å². The van der Waals surface area contributed by atoms with Gasteiger partial charge in [-0.15, -0.1) is 5.10 Å². The van der Waals surface area contributed by atoms with Crippen LogP contribution in [0.3, 0.4) is 0 Å². The second kappa shape index (κ2) is 11.4. The van der Waals surface area contributed by atoms with E-state index in [0.717, 1.165) is 22.4 Å². The molecule has 0 saturated carbocycles. The summed E-state index contributed by atoms with van der Waals surface area (Å²) in [5, 5.41) is 18.6. The third-order valence-corrected chi connectivity index (χ3v) is 6.73. The van der Waals surface area contributed by atoms with E-state index in [2.05, 4.69) is 41.0 Å². The number of nitrogens with zero attached hydrogens (tertiary/aromatic N) is 9. The van der Waals surface area contributed by atoms with Crippen molar-refractivity contribution in [1.82, 2.24) is 49.9 Å². The Balaban J connectivity index is 1.45. The number of ether oxygens (including phenoxy) is 1. The molecule has 0 bridgehead atoms. The fourth-order valence-corrected chi connectivity index (χ4v) is 4.62. The number of rotatable bonds is 5. The number of carbonyl (C=O) groups excluding carboxylic acids is 2. The van der Waals surface area contributed by atoms with Gasteiger partial charge in [-0.3, -0.25) is 9.48 Å². The van der Waals surface area contributed by atoms with Crippen molar-refractivity contribution >= 4 is 23.6 Å². The number of nitrogens with one attached hydrogen (secondary N) is 2. The quantitative estimate of drug-likeness (QED) is 0.350. The fraction of sp³-hybridized carbons (Fsp3) is 0.448. The molecule has 3 aromatic heterocycles. The van der Waals surface area contributed by atoms with Crippen LogP contribution in [0.15, 0.2) is 43.1 Å². The van der Waals surface area contributed by atoms with Gasteiger partial charge in [0.25, 0.3) is 5.91 Å². The fourth-order valence-electron chi connectivity index (χ4n) is 4.62. The van der Waals surface area contributed by atoms with Crippen LogP contribution in [0.5, 0.6) is 0 Å². The summed E-state index contributed by atoms with van der Waals surface area (Å²) in [5.41, 5.74) is 2.47. The monoisotopic (exact) mass is 587 g/mol.